The quantitative estimate of drug-likeness (QED) is 0.837. The molecule has 1 amide bonds. The van der Waals surface area contributed by atoms with Crippen LogP contribution in [0.5, 0.6) is 0 Å². The third kappa shape index (κ3) is 3.22. The maximum Gasteiger partial charge on any atom is 0.251 e. The fourth-order valence-electron chi connectivity index (χ4n) is 2.34. The van der Waals surface area contributed by atoms with Crippen molar-refractivity contribution in [1.29, 1.82) is 0 Å². The molecule has 0 saturated carbocycles. The maximum atomic E-state index is 12.3. The molecular formula is C14H18N6O2. The summed E-state index contributed by atoms with van der Waals surface area (Å²) in [7, 11) is 1.89. The summed E-state index contributed by atoms with van der Waals surface area (Å²) >= 11 is 0. The van der Waals surface area contributed by atoms with E-state index in [0.29, 0.717) is 19.7 Å². The number of hydrogen-bond acceptors (Lipinski definition) is 6. The van der Waals surface area contributed by atoms with Crippen molar-refractivity contribution in [3.05, 3.63) is 36.9 Å². The molecule has 0 spiro atoms. The lowest BCUT2D eigenvalue weighted by Gasteiger charge is -2.33. The Kier molecular flexibility index (Phi) is 4.29. The third-order valence-corrected chi connectivity index (χ3v) is 3.61. The van der Waals surface area contributed by atoms with Crippen LogP contribution < -0.4 is 10.2 Å². The van der Waals surface area contributed by atoms with Crippen LogP contribution in [0.15, 0.2) is 31.1 Å². The predicted octanol–water partition coefficient (Wildman–Crippen LogP) is -0.268. The van der Waals surface area contributed by atoms with Crippen molar-refractivity contribution in [3.63, 3.8) is 0 Å². The Hall–Kier alpha value is -2.48. The molecule has 1 saturated heterocycles. The highest BCUT2D eigenvalue weighted by atomic mass is 16.5. The first kappa shape index (κ1) is 14.5. The van der Waals surface area contributed by atoms with Gasteiger partial charge in [0.05, 0.1) is 37.8 Å². The summed E-state index contributed by atoms with van der Waals surface area (Å²) in [5, 5.41) is 2.86. The minimum Gasteiger partial charge on any atom is -0.365 e. The van der Waals surface area contributed by atoms with Crippen molar-refractivity contribution in [2.45, 2.75) is 12.6 Å². The fraction of sp³-hybridized carbons (Fsp3) is 0.429. The van der Waals surface area contributed by atoms with Crippen molar-refractivity contribution in [2.24, 2.45) is 7.05 Å². The Bertz CT molecular complexity index is 629. The van der Waals surface area contributed by atoms with E-state index >= 15 is 0 Å². The van der Waals surface area contributed by atoms with E-state index in [0.717, 1.165) is 18.1 Å². The smallest absolute Gasteiger partial charge is 0.251 e. The van der Waals surface area contributed by atoms with Gasteiger partial charge in [0.2, 0.25) is 0 Å². The van der Waals surface area contributed by atoms with E-state index in [1.165, 1.54) is 6.33 Å². The molecule has 0 aromatic carbocycles. The van der Waals surface area contributed by atoms with Crippen LogP contribution in [0.1, 0.15) is 5.82 Å². The standard InChI is InChI=1S/C14H18N6O2/c1-19-3-2-17-13(19)8-18-14(21)12-9-20(4-5-22-12)11-6-15-10-16-7-11/h2-3,6-7,10,12H,4-5,8-9H2,1H3,(H,18,21). The molecule has 22 heavy (non-hydrogen) atoms. The van der Waals surface area contributed by atoms with E-state index in [1.54, 1.807) is 18.6 Å². The van der Waals surface area contributed by atoms with Crippen LogP contribution in [0.3, 0.4) is 0 Å². The number of carbonyl (C=O) groups excluding carboxylic acids is 1. The van der Waals surface area contributed by atoms with Crippen molar-refractivity contribution in [1.82, 2.24) is 24.8 Å². The minimum absolute atomic E-state index is 0.135. The Morgan fingerprint density at radius 2 is 2.27 bits per heavy atom. The first-order valence-electron chi connectivity index (χ1n) is 7.09. The summed E-state index contributed by atoms with van der Waals surface area (Å²) in [5.74, 6) is 0.669. The zero-order valence-electron chi connectivity index (χ0n) is 12.3. The Balaban J connectivity index is 1.57. The molecule has 1 fully saturated rings. The number of rotatable bonds is 4. The highest BCUT2D eigenvalue weighted by Crippen LogP contribution is 2.15. The molecule has 0 radical (unpaired) electrons. The molecule has 8 nitrogen and oxygen atoms in total. The van der Waals surface area contributed by atoms with Crippen LogP contribution in [0.4, 0.5) is 5.69 Å². The molecule has 1 unspecified atom stereocenters. The molecule has 1 N–H and O–H groups in total. The highest BCUT2D eigenvalue weighted by molar-refractivity contribution is 5.81. The SMILES string of the molecule is Cn1ccnc1CNC(=O)C1CN(c2cncnc2)CCO1. The lowest BCUT2D eigenvalue weighted by molar-refractivity contribution is -0.133. The van der Waals surface area contributed by atoms with Crippen LogP contribution in [-0.4, -0.2) is 51.2 Å². The molecule has 1 atom stereocenters. The largest absolute Gasteiger partial charge is 0.365 e. The fourth-order valence-corrected chi connectivity index (χ4v) is 2.34. The monoisotopic (exact) mass is 302 g/mol. The number of anilines is 1. The zero-order chi connectivity index (χ0) is 15.4. The maximum absolute atomic E-state index is 12.3. The van der Waals surface area contributed by atoms with Gasteiger partial charge in [-0.1, -0.05) is 0 Å². The highest BCUT2D eigenvalue weighted by Gasteiger charge is 2.27. The number of imidazole rings is 1. The van der Waals surface area contributed by atoms with Crippen molar-refractivity contribution in [3.8, 4) is 0 Å². The van der Waals surface area contributed by atoms with Crippen LogP contribution in [0, 0.1) is 0 Å². The number of carbonyl (C=O) groups is 1. The number of aryl methyl sites for hydroxylation is 1. The average molecular weight is 302 g/mol. The van der Waals surface area contributed by atoms with Gasteiger partial charge in [-0.2, -0.15) is 0 Å². The first-order valence-corrected chi connectivity index (χ1v) is 7.09. The molecule has 8 heteroatoms. The summed E-state index contributed by atoms with van der Waals surface area (Å²) in [6, 6.07) is 0. The normalized spacial score (nSPS) is 18.2. The minimum atomic E-state index is -0.505. The van der Waals surface area contributed by atoms with Crippen LogP contribution in [-0.2, 0) is 23.1 Å². The molecule has 1 aliphatic rings. The van der Waals surface area contributed by atoms with Gasteiger partial charge >= 0.3 is 0 Å². The van der Waals surface area contributed by atoms with Gasteiger partial charge in [0.25, 0.3) is 5.91 Å². The van der Waals surface area contributed by atoms with Crippen LogP contribution >= 0.6 is 0 Å². The topological polar surface area (TPSA) is 85.2 Å². The van der Waals surface area contributed by atoms with Gasteiger partial charge in [-0.3, -0.25) is 4.79 Å². The number of nitrogens with one attached hydrogen (secondary N) is 1. The van der Waals surface area contributed by atoms with Gasteiger partial charge in [-0.15, -0.1) is 0 Å². The summed E-state index contributed by atoms with van der Waals surface area (Å²) in [5.41, 5.74) is 0.896. The number of aromatic nitrogens is 4. The van der Waals surface area contributed by atoms with E-state index in [9.17, 15) is 4.79 Å². The van der Waals surface area contributed by atoms with Crippen LogP contribution in [0.25, 0.3) is 0 Å². The Labute approximate surface area is 128 Å². The number of hydrogen-bond donors (Lipinski definition) is 1. The second-order valence-corrected chi connectivity index (χ2v) is 5.07. The van der Waals surface area contributed by atoms with Gasteiger partial charge < -0.3 is 19.5 Å². The second kappa shape index (κ2) is 6.52. The van der Waals surface area contributed by atoms with Gasteiger partial charge in [0.1, 0.15) is 12.2 Å². The molecule has 2 aromatic rings. The summed E-state index contributed by atoms with van der Waals surface area (Å²) < 4.78 is 7.44. The summed E-state index contributed by atoms with van der Waals surface area (Å²) in [6.45, 7) is 2.09. The lowest BCUT2D eigenvalue weighted by Crippen LogP contribution is -2.50. The van der Waals surface area contributed by atoms with Crippen LogP contribution in [0.2, 0.25) is 0 Å². The molecule has 1 aliphatic heterocycles. The third-order valence-electron chi connectivity index (χ3n) is 3.61. The predicted molar refractivity (Wildman–Crippen MR) is 79.0 cm³/mol. The van der Waals surface area contributed by atoms with E-state index < -0.39 is 6.10 Å². The first-order chi connectivity index (χ1) is 10.7. The van der Waals surface area contributed by atoms with Gasteiger partial charge in [-0.25, -0.2) is 15.0 Å². The zero-order valence-corrected chi connectivity index (χ0v) is 12.3. The molecule has 116 valence electrons. The number of nitrogens with zero attached hydrogens (tertiary/aromatic N) is 5. The van der Waals surface area contributed by atoms with Crippen molar-refractivity contribution < 1.29 is 9.53 Å². The summed E-state index contributed by atoms with van der Waals surface area (Å²) in [6.07, 6.45) is 8.00. The number of amides is 1. The van der Waals surface area contributed by atoms with Gasteiger partial charge in [0.15, 0.2) is 6.10 Å². The van der Waals surface area contributed by atoms with E-state index in [2.05, 4.69) is 25.2 Å². The van der Waals surface area contributed by atoms with Gasteiger partial charge in [0, 0.05) is 26.0 Å². The molecule has 0 bridgehead atoms. The Morgan fingerprint density at radius 1 is 1.45 bits per heavy atom. The molecular weight excluding hydrogens is 284 g/mol. The Morgan fingerprint density at radius 3 is 3.00 bits per heavy atom. The molecule has 0 aliphatic carbocycles. The number of ether oxygens (including phenoxy) is 1. The van der Waals surface area contributed by atoms with E-state index in [4.69, 9.17) is 4.74 Å². The van der Waals surface area contributed by atoms with Gasteiger partial charge in [-0.05, 0) is 0 Å². The number of morpholine rings is 1. The lowest BCUT2D eigenvalue weighted by atomic mass is 10.2. The molecule has 3 heterocycles. The van der Waals surface area contributed by atoms with Crippen molar-refractivity contribution >= 4 is 11.6 Å². The second-order valence-electron chi connectivity index (χ2n) is 5.07. The average Bonchev–Trinajstić information content (AvgIpc) is 2.99. The van der Waals surface area contributed by atoms with Crippen molar-refractivity contribution in [2.75, 3.05) is 24.6 Å². The molecule has 2 aromatic heterocycles. The van der Waals surface area contributed by atoms with E-state index in [1.807, 2.05) is 17.8 Å². The summed E-state index contributed by atoms with van der Waals surface area (Å²) in [4.78, 5) is 26.5. The molecule has 3 rings (SSSR count). The van der Waals surface area contributed by atoms with E-state index in [-0.39, 0.29) is 5.91 Å².